The summed E-state index contributed by atoms with van der Waals surface area (Å²) in [5.41, 5.74) is 3.37. The molecule has 5 nitrogen and oxygen atoms in total. The monoisotopic (exact) mass is 356 g/mol. The molecule has 2 aromatic carbocycles. The number of halogens is 1. The highest BCUT2D eigenvalue weighted by Crippen LogP contribution is 2.32. The quantitative estimate of drug-likeness (QED) is 0.462. The minimum atomic E-state index is -0.289. The van der Waals surface area contributed by atoms with Crippen LogP contribution in [0.25, 0.3) is 39.3 Å². The molecular weight excluding hydrogens is 343 g/mol. The number of pyridine rings is 1. The lowest BCUT2D eigenvalue weighted by atomic mass is 10.0. The summed E-state index contributed by atoms with van der Waals surface area (Å²) in [4.78, 5) is 4.37. The zero-order chi connectivity index (χ0) is 18.2. The number of hydrogen-bond donors (Lipinski definition) is 0. The summed E-state index contributed by atoms with van der Waals surface area (Å²) in [5, 5.41) is 9.37. The predicted molar refractivity (Wildman–Crippen MR) is 99.8 cm³/mol. The number of rotatable bonds is 3. The van der Waals surface area contributed by atoms with Gasteiger partial charge in [-0.25, -0.2) is 14.1 Å². The predicted octanol–water partition coefficient (Wildman–Crippen LogP) is 4.88. The molecule has 5 rings (SSSR count). The van der Waals surface area contributed by atoms with Crippen molar-refractivity contribution in [2.24, 2.45) is 0 Å². The molecule has 3 aromatic heterocycles. The van der Waals surface area contributed by atoms with Crippen molar-refractivity contribution in [1.29, 1.82) is 0 Å². The van der Waals surface area contributed by atoms with E-state index in [2.05, 4.69) is 15.2 Å². The molecule has 5 aromatic rings. The van der Waals surface area contributed by atoms with Gasteiger partial charge in [0.15, 0.2) is 11.6 Å². The Hall–Kier alpha value is -3.80. The molecule has 0 spiro atoms. The van der Waals surface area contributed by atoms with Gasteiger partial charge < -0.3 is 4.52 Å². The Morgan fingerprint density at radius 3 is 2.52 bits per heavy atom. The smallest absolute Gasteiger partial charge is 0.174 e. The van der Waals surface area contributed by atoms with Gasteiger partial charge in [-0.05, 0) is 54.6 Å². The second-order valence-electron chi connectivity index (χ2n) is 6.07. The lowest BCUT2D eigenvalue weighted by molar-refractivity contribution is 0.441. The van der Waals surface area contributed by atoms with Gasteiger partial charge >= 0.3 is 0 Å². The summed E-state index contributed by atoms with van der Waals surface area (Å²) in [7, 11) is 0. The molecule has 0 bridgehead atoms. The summed E-state index contributed by atoms with van der Waals surface area (Å²) in [6.07, 6.45) is 3.47. The van der Waals surface area contributed by atoms with Gasteiger partial charge in [0.05, 0.1) is 17.3 Å². The largest absolute Gasteiger partial charge is 0.355 e. The van der Waals surface area contributed by atoms with E-state index in [-0.39, 0.29) is 5.82 Å². The van der Waals surface area contributed by atoms with E-state index in [9.17, 15) is 4.39 Å². The molecule has 0 aliphatic heterocycles. The normalized spacial score (nSPS) is 11.1. The van der Waals surface area contributed by atoms with Gasteiger partial charge in [-0.1, -0.05) is 17.3 Å². The maximum atomic E-state index is 13.2. The van der Waals surface area contributed by atoms with Gasteiger partial charge in [-0.2, -0.15) is 5.10 Å². The average Bonchev–Trinajstić information content (AvgIpc) is 3.36. The Labute approximate surface area is 153 Å². The molecule has 0 aliphatic rings. The highest BCUT2D eigenvalue weighted by Gasteiger charge is 2.14. The van der Waals surface area contributed by atoms with Gasteiger partial charge in [0.1, 0.15) is 11.3 Å². The minimum absolute atomic E-state index is 0.289. The number of benzene rings is 2. The molecular formula is C21H13FN4O. The molecule has 0 atom stereocenters. The first kappa shape index (κ1) is 15.5. The van der Waals surface area contributed by atoms with Crippen LogP contribution in [0, 0.1) is 5.82 Å². The van der Waals surface area contributed by atoms with Crippen LogP contribution in [0.1, 0.15) is 0 Å². The number of nitrogens with zero attached hydrogens (tertiary/aromatic N) is 4. The van der Waals surface area contributed by atoms with Gasteiger partial charge in [0, 0.05) is 17.3 Å². The lowest BCUT2D eigenvalue weighted by Crippen LogP contribution is -2.00. The number of fused-ring (bicyclic) bond motifs is 1. The molecule has 3 heterocycles. The van der Waals surface area contributed by atoms with E-state index in [0.717, 1.165) is 33.5 Å². The van der Waals surface area contributed by atoms with Crippen molar-refractivity contribution in [3.8, 4) is 28.4 Å². The first-order chi connectivity index (χ1) is 13.3. The first-order valence-corrected chi connectivity index (χ1v) is 8.41. The Kier molecular flexibility index (Phi) is 3.53. The fraction of sp³-hybridized carbons (Fsp3) is 0. The molecule has 0 saturated carbocycles. The number of aromatic nitrogens is 4. The Morgan fingerprint density at radius 1 is 0.852 bits per heavy atom. The molecule has 0 radical (unpaired) electrons. The summed E-state index contributed by atoms with van der Waals surface area (Å²) in [6.45, 7) is 0. The van der Waals surface area contributed by atoms with Crippen molar-refractivity contribution < 1.29 is 8.91 Å². The SMILES string of the molecule is Fc1ccc(-c2onc3ccc(-c4ccnn4-c4ccccn4)cc23)cc1. The second kappa shape index (κ2) is 6.17. The van der Waals surface area contributed by atoms with Crippen molar-refractivity contribution in [2.75, 3.05) is 0 Å². The van der Waals surface area contributed by atoms with E-state index in [0.29, 0.717) is 5.76 Å². The average molecular weight is 356 g/mol. The van der Waals surface area contributed by atoms with Gasteiger partial charge in [-0.3, -0.25) is 0 Å². The lowest BCUT2D eigenvalue weighted by Gasteiger charge is -2.07. The summed E-state index contributed by atoms with van der Waals surface area (Å²) in [5.74, 6) is 1.06. The van der Waals surface area contributed by atoms with Crippen molar-refractivity contribution in [1.82, 2.24) is 19.9 Å². The zero-order valence-corrected chi connectivity index (χ0v) is 14.1. The van der Waals surface area contributed by atoms with Crippen molar-refractivity contribution in [2.45, 2.75) is 0 Å². The first-order valence-electron chi connectivity index (χ1n) is 8.41. The Morgan fingerprint density at radius 2 is 1.70 bits per heavy atom. The Bertz CT molecular complexity index is 1230. The van der Waals surface area contributed by atoms with Crippen LogP contribution in [0.3, 0.4) is 0 Å². The third kappa shape index (κ3) is 2.67. The van der Waals surface area contributed by atoms with E-state index in [1.807, 2.05) is 42.5 Å². The molecule has 6 heteroatoms. The van der Waals surface area contributed by atoms with Crippen LogP contribution in [0.5, 0.6) is 0 Å². The summed E-state index contributed by atoms with van der Waals surface area (Å²) in [6, 6.07) is 19.7. The topological polar surface area (TPSA) is 56.7 Å². The third-order valence-electron chi connectivity index (χ3n) is 4.39. The molecule has 0 fully saturated rings. The summed E-state index contributed by atoms with van der Waals surface area (Å²) < 4.78 is 20.5. The maximum Gasteiger partial charge on any atom is 0.174 e. The van der Waals surface area contributed by atoms with E-state index in [4.69, 9.17) is 4.52 Å². The fourth-order valence-electron chi connectivity index (χ4n) is 3.09. The van der Waals surface area contributed by atoms with E-state index >= 15 is 0 Å². The van der Waals surface area contributed by atoms with Gasteiger partial charge in [-0.15, -0.1) is 0 Å². The van der Waals surface area contributed by atoms with Crippen LogP contribution < -0.4 is 0 Å². The van der Waals surface area contributed by atoms with Crippen LogP contribution >= 0.6 is 0 Å². The maximum absolute atomic E-state index is 13.2. The molecule has 0 unspecified atom stereocenters. The molecule has 0 aliphatic carbocycles. The molecule has 0 N–H and O–H groups in total. The second-order valence-corrected chi connectivity index (χ2v) is 6.07. The molecule has 130 valence electrons. The molecule has 0 saturated heterocycles. The third-order valence-corrected chi connectivity index (χ3v) is 4.39. The minimum Gasteiger partial charge on any atom is -0.355 e. The van der Waals surface area contributed by atoms with Gasteiger partial charge in [0.25, 0.3) is 0 Å². The molecule has 0 amide bonds. The van der Waals surface area contributed by atoms with Crippen LogP contribution in [0.15, 0.2) is 83.6 Å². The van der Waals surface area contributed by atoms with Crippen LogP contribution in [-0.2, 0) is 0 Å². The van der Waals surface area contributed by atoms with E-state index in [1.54, 1.807) is 29.2 Å². The number of hydrogen-bond acceptors (Lipinski definition) is 4. The zero-order valence-electron chi connectivity index (χ0n) is 14.1. The van der Waals surface area contributed by atoms with Crippen LogP contribution in [0.4, 0.5) is 4.39 Å². The Balaban J connectivity index is 1.65. The highest BCUT2D eigenvalue weighted by molar-refractivity contribution is 5.94. The van der Waals surface area contributed by atoms with Gasteiger partial charge in [0.2, 0.25) is 0 Å². The summed E-state index contributed by atoms with van der Waals surface area (Å²) >= 11 is 0. The van der Waals surface area contributed by atoms with Crippen LogP contribution in [0.2, 0.25) is 0 Å². The van der Waals surface area contributed by atoms with E-state index in [1.165, 1.54) is 12.1 Å². The molecule has 27 heavy (non-hydrogen) atoms. The van der Waals surface area contributed by atoms with Crippen molar-refractivity contribution in [3.63, 3.8) is 0 Å². The van der Waals surface area contributed by atoms with E-state index < -0.39 is 0 Å². The fourth-order valence-corrected chi connectivity index (χ4v) is 3.09. The van der Waals surface area contributed by atoms with Crippen molar-refractivity contribution >= 4 is 10.9 Å². The standard InChI is InChI=1S/C21H13FN4O/c22-16-7-4-14(5-8-16)21-17-13-15(6-9-18(17)25-27-21)19-10-12-24-26(19)20-3-1-2-11-23-20/h1-13H. The van der Waals surface area contributed by atoms with Crippen LogP contribution in [-0.4, -0.2) is 19.9 Å². The van der Waals surface area contributed by atoms with Crippen molar-refractivity contribution in [3.05, 3.63) is 84.9 Å². The highest BCUT2D eigenvalue weighted by atomic mass is 19.1.